The maximum Gasteiger partial charge on any atom is 0.269 e. The van der Waals surface area contributed by atoms with Gasteiger partial charge in [-0.1, -0.05) is 70.2 Å². The van der Waals surface area contributed by atoms with Crippen molar-refractivity contribution in [2.45, 2.75) is 13.2 Å². The molecule has 1 aliphatic rings. The van der Waals surface area contributed by atoms with Crippen molar-refractivity contribution < 1.29 is 19.2 Å². The van der Waals surface area contributed by atoms with Crippen LogP contribution in [0.25, 0.3) is 6.08 Å². The minimum absolute atomic E-state index is 0.0209. The van der Waals surface area contributed by atoms with Crippen LogP contribution in [0.15, 0.2) is 76.1 Å². The Balaban J connectivity index is 1.51. The number of thioether (sulfide) groups is 1. The van der Waals surface area contributed by atoms with Gasteiger partial charge in [-0.05, 0) is 47.0 Å². The Morgan fingerprint density at radius 1 is 1.09 bits per heavy atom. The fourth-order valence-corrected chi connectivity index (χ4v) is 5.04. The van der Waals surface area contributed by atoms with Crippen molar-refractivity contribution in [2.24, 2.45) is 0 Å². The lowest BCUT2D eigenvalue weighted by Crippen LogP contribution is -2.27. The summed E-state index contributed by atoms with van der Waals surface area (Å²) in [5, 5.41) is 10.8. The predicted octanol–water partition coefficient (Wildman–Crippen LogP) is 6.35. The highest BCUT2D eigenvalue weighted by Gasteiger charge is 2.32. The molecule has 0 aromatic heterocycles. The Hall–Kier alpha value is -3.21. The number of carbonyl (C=O) groups excluding carboxylic acids is 1. The maximum absolute atomic E-state index is 13.0. The zero-order valence-electron chi connectivity index (χ0n) is 18.5. The van der Waals surface area contributed by atoms with Crippen molar-refractivity contribution in [1.82, 2.24) is 4.90 Å². The number of non-ortho nitro benzene ring substituents is 1. The molecule has 7 nitrogen and oxygen atoms in total. The van der Waals surface area contributed by atoms with E-state index in [2.05, 4.69) is 15.9 Å². The summed E-state index contributed by atoms with van der Waals surface area (Å²) in [6, 6.07) is 19.4. The molecular weight excluding hydrogens is 552 g/mol. The predicted molar refractivity (Wildman–Crippen MR) is 143 cm³/mol. The standard InChI is InChI=1S/C25H19BrN2O5S2/c1-32-21-11-18(12-23-24(29)27(25(34)35-23)14-16-5-3-2-4-6-16)20(26)13-22(21)33-15-17-7-9-19(10-8-17)28(30)31/h2-13H,14-15H2,1H3/b23-12-. The largest absolute Gasteiger partial charge is 0.493 e. The molecule has 0 aliphatic carbocycles. The van der Waals surface area contributed by atoms with Gasteiger partial charge in [-0.15, -0.1) is 0 Å². The number of hydrogen-bond acceptors (Lipinski definition) is 7. The number of amides is 1. The van der Waals surface area contributed by atoms with Gasteiger partial charge >= 0.3 is 0 Å². The van der Waals surface area contributed by atoms with Crippen molar-refractivity contribution in [2.75, 3.05) is 7.11 Å². The number of rotatable bonds is 8. The molecule has 1 amide bonds. The second-order valence-corrected chi connectivity index (χ2v) is 10.0. The van der Waals surface area contributed by atoms with Gasteiger partial charge < -0.3 is 9.47 Å². The van der Waals surface area contributed by atoms with E-state index in [1.54, 1.807) is 35.2 Å². The van der Waals surface area contributed by atoms with Gasteiger partial charge in [0.1, 0.15) is 10.9 Å². The lowest BCUT2D eigenvalue weighted by Gasteiger charge is -2.14. The molecule has 0 radical (unpaired) electrons. The molecule has 3 aromatic rings. The Bertz CT molecular complexity index is 1310. The zero-order valence-corrected chi connectivity index (χ0v) is 21.7. The normalized spacial score (nSPS) is 14.5. The number of benzene rings is 3. The summed E-state index contributed by atoms with van der Waals surface area (Å²) in [6.07, 6.45) is 1.77. The molecule has 3 aromatic carbocycles. The first kappa shape index (κ1) is 24.9. The molecule has 0 N–H and O–H groups in total. The SMILES string of the molecule is COc1cc(/C=C2\SC(=S)N(Cc3ccccc3)C2=O)c(Br)cc1OCc1ccc([N+](=O)[O-])cc1. The average Bonchev–Trinajstić information content (AvgIpc) is 3.12. The van der Waals surface area contributed by atoms with E-state index >= 15 is 0 Å². The minimum Gasteiger partial charge on any atom is -0.493 e. The Labute approximate surface area is 220 Å². The van der Waals surface area contributed by atoms with Crippen LogP contribution in [0.4, 0.5) is 5.69 Å². The second-order valence-electron chi connectivity index (χ2n) is 7.49. The van der Waals surface area contributed by atoms with Gasteiger partial charge in [0, 0.05) is 16.6 Å². The van der Waals surface area contributed by atoms with Crippen molar-refractivity contribution >= 4 is 61.9 Å². The van der Waals surface area contributed by atoms with E-state index in [0.29, 0.717) is 31.7 Å². The molecule has 1 aliphatic heterocycles. The van der Waals surface area contributed by atoms with Crippen LogP contribution in [0.2, 0.25) is 0 Å². The lowest BCUT2D eigenvalue weighted by molar-refractivity contribution is -0.384. The third-order valence-corrected chi connectivity index (χ3v) is 7.23. The first-order valence-electron chi connectivity index (χ1n) is 10.4. The highest BCUT2D eigenvalue weighted by atomic mass is 79.9. The molecule has 0 unspecified atom stereocenters. The minimum atomic E-state index is -0.445. The molecule has 1 fully saturated rings. The summed E-state index contributed by atoms with van der Waals surface area (Å²) in [5.74, 6) is 0.834. The number of methoxy groups -OCH3 is 1. The van der Waals surface area contributed by atoms with E-state index in [4.69, 9.17) is 21.7 Å². The summed E-state index contributed by atoms with van der Waals surface area (Å²) in [6.45, 7) is 0.626. The Morgan fingerprint density at radius 3 is 2.46 bits per heavy atom. The van der Waals surface area contributed by atoms with Gasteiger partial charge in [0.15, 0.2) is 11.5 Å². The topological polar surface area (TPSA) is 81.9 Å². The van der Waals surface area contributed by atoms with Gasteiger partial charge in [0.2, 0.25) is 0 Å². The van der Waals surface area contributed by atoms with Crippen LogP contribution in [-0.4, -0.2) is 27.2 Å². The third kappa shape index (κ3) is 5.90. The number of ether oxygens (including phenoxy) is 2. The van der Waals surface area contributed by atoms with Crippen LogP contribution in [0.5, 0.6) is 11.5 Å². The number of nitro groups is 1. The van der Waals surface area contributed by atoms with E-state index in [-0.39, 0.29) is 18.2 Å². The fourth-order valence-electron chi connectivity index (χ4n) is 3.35. The van der Waals surface area contributed by atoms with Crippen LogP contribution >= 0.6 is 39.9 Å². The molecule has 0 saturated carbocycles. The summed E-state index contributed by atoms with van der Waals surface area (Å²) < 4.78 is 12.6. The van der Waals surface area contributed by atoms with Crippen LogP contribution < -0.4 is 9.47 Å². The Morgan fingerprint density at radius 2 is 1.80 bits per heavy atom. The quantitative estimate of drug-likeness (QED) is 0.135. The number of nitro benzene ring substituents is 1. The van der Waals surface area contributed by atoms with Crippen LogP contribution in [0.3, 0.4) is 0 Å². The van der Waals surface area contributed by atoms with Crippen LogP contribution in [0.1, 0.15) is 16.7 Å². The summed E-state index contributed by atoms with van der Waals surface area (Å²) >= 11 is 10.3. The fraction of sp³-hybridized carbons (Fsp3) is 0.120. The van der Waals surface area contributed by atoms with E-state index in [0.717, 1.165) is 16.7 Å². The van der Waals surface area contributed by atoms with Gasteiger partial charge in [-0.2, -0.15) is 0 Å². The van der Waals surface area contributed by atoms with Crippen molar-refractivity contribution in [3.8, 4) is 11.5 Å². The lowest BCUT2D eigenvalue weighted by atomic mass is 10.1. The van der Waals surface area contributed by atoms with E-state index in [1.807, 2.05) is 30.3 Å². The monoisotopic (exact) mass is 570 g/mol. The maximum atomic E-state index is 13.0. The summed E-state index contributed by atoms with van der Waals surface area (Å²) in [7, 11) is 1.53. The summed E-state index contributed by atoms with van der Waals surface area (Å²) in [5.41, 5.74) is 2.54. The third-order valence-electron chi connectivity index (χ3n) is 5.17. The van der Waals surface area contributed by atoms with E-state index < -0.39 is 4.92 Å². The highest BCUT2D eigenvalue weighted by molar-refractivity contribution is 9.10. The van der Waals surface area contributed by atoms with Crippen LogP contribution in [0, 0.1) is 10.1 Å². The molecule has 178 valence electrons. The number of carbonyl (C=O) groups is 1. The summed E-state index contributed by atoms with van der Waals surface area (Å²) in [4.78, 5) is 25.5. The van der Waals surface area contributed by atoms with E-state index in [1.165, 1.54) is 31.0 Å². The second kappa shape index (κ2) is 11.0. The van der Waals surface area contributed by atoms with Gasteiger partial charge in [-0.3, -0.25) is 19.8 Å². The first-order valence-corrected chi connectivity index (χ1v) is 12.4. The van der Waals surface area contributed by atoms with Gasteiger partial charge in [0.25, 0.3) is 11.6 Å². The number of halogens is 1. The van der Waals surface area contributed by atoms with Crippen molar-refractivity contribution in [1.29, 1.82) is 0 Å². The molecule has 1 saturated heterocycles. The molecular formula is C25H19BrN2O5S2. The molecule has 0 bridgehead atoms. The van der Waals surface area contributed by atoms with Gasteiger partial charge in [0.05, 0.1) is 23.5 Å². The molecule has 0 spiro atoms. The van der Waals surface area contributed by atoms with Crippen molar-refractivity contribution in [3.05, 3.63) is 103 Å². The number of nitrogens with zero attached hydrogens (tertiary/aromatic N) is 2. The number of thiocarbonyl (C=S) groups is 1. The molecule has 0 atom stereocenters. The first-order chi connectivity index (χ1) is 16.9. The molecule has 10 heteroatoms. The average molecular weight is 571 g/mol. The van der Waals surface area contributed by atoms with Crippen molar-refractivity contribution in [3.63, 3.8) is 0 Å². The van der Waals surface area contributed by atoms with Crippen LogP contribution in [-0.2, 0) is 17.9 Å². The molecule has 35 heavy (non-hydrogen) atoms. The van der Waals surface area contributed by atoms with E-state index in [9.17, 15) is 14.9 Å². The highest BCUT2D eigenvalue weighted by Crippen LogP contribution is 2.38. The smallest absolute Gasteiger partial charge is 0.269 e. The zero-order chi connectivity index (χ0) is 24.9. The number of hydrogen-bond donors (Lipinski definition) is 0. The van der Waals surface area contributed by atoms with Gasteiger partial charge in [-0.25, -0.2) is 0 Å². The molecule has 4 rings (SSSR count). The Kier molecular flexibility index (Phi) is 7.84. The molecule has 1 heterocycles.